The van der Waals surface area contributed by atoms with Crippen LogP contribution in [0.1, 0.15) is 64.2 Å². The first-order valence-electron chi connectivity index (χ1n) is 11.4. The molecule has 4 unspecified atom stereocenters. The molecule has 1 aliphatic heterocycles. The lowest BCUT2D eigenvalue weighted by Gasteiger charge is -2.69. The van der Waals surface area contributed by atoms with Gasteiger partial charge in [0.25, 0.3) is 0 Å². The summed E-state index contributed by atoms with van der Waals surface area (Å²) in [5.41, 5.74) is -0.0930. The summed E-state index contributed by atoms with van der Waals surface area (Å²) in [6, 6.07) is 0.277. The molecule has 6 aliphatic rings. The molecular formula is C22H31Cl2FN2O3. The SMILES string of the molecule is O=C(COC1CCC(Cl)C(F)C1)NC12CC(C3=NC(C4CCC(Cl)CC4)CO3)(C1)C2. The smallest absolute Gasteiger partial charge is 0.246 e. The van der Waals surface area contributed by atoms with Crippen LogP contribution in [0.2, 0.25) is 0 Å². The highest BCUT2D eigenvalue weighted by Gasteiger charge is 2.72. The summed E-state index contributed by atoms with van der Waals surface area (Å²) < 4.78 is 25.4. The van der Waals surface area contributed by atoms with Crippen molar-refractivity contribution in [2.24, 2.45) is 16.3 Å². The van der Waals surface area contributed by atoms with E-state index >= 15 is 0 Å². The Bertz CT molecular complexity index is 693. The molecule has 8 heteroatoms. The third-order valence-electron chi connectivity index (χ3n) is 7.90. The van der Waals surface area contributed by atoms with E-state index in [0.29, 0.717) is 30.7 Å². The monoisotopic (exact) mass is 460 g/mol. The summed E-state index contributed by atoms with van der Waals surface area (Å²) >= 11 is 12.1. The average Bonchev–Trinajstić information content (AvgIpc) is 3.15. The lowest BCUT2D eigenvalue weighted by Crippen LogP contribution is -2.77. The van der Waals surface area contributed by atoms with Gasteiger partial charge in [-0.1, -0.05) is 0 Å². The Hall–Kier alpha value is -0.590. The first kappa shape index (κ1) is 21.3. The van der Waals surface area contributed by atoms with Crippen molar-refractivity contribution >= 4 is 35.0 Å². The van der Waals surface area contributed by atoms with Gasteiger partial charge in [0, 0.05) is 17.3 Å². The third-order valence-corrected chi connectivity index (χ3v) is 8.83. The molecule has 0 radical (unpaired) electrons. The summed E-state index contributed by atoms with van der Waals surface area (Å²) in [4.78, 5) is 17.3. The van der Waals surface area contributed by atoms with E-state index in [1.807, 2.05) is 0 Å². The molecule has 1 N–H and O–H groups in total. The van der Waals surface area contributed by atoms with Crippen LogP contribution in [0.3, 0.4) is 0 Å². The number of carbonyl (C=O) groups excluding carboxylic acids is 1. The van der Waals surface area contributed by atoms with Crippen molar-refractivity contribution in [1.82, 2.24) is 5.32 Å². The summed E-state index contributed by atoms with van der Waals surface area (Å²) in [6.07, 6.45) is 7.45. The van der Waals surface area contributed by atoms with E-state index in [1.54, 1.807) is 0 Å². The maximum absolute atomic E-state index is 13.7. The second-order valence-electron chi connectivity index (χ2n) is 10.2. The molecule has 0 aromatic heterocycles. The van der Waals surface area contributed by atoms with E-state index < -0.39 is 11.5 Å². The van der Waals surface area contributed by atoms with E-state index in [0.717, 1.165) is 50.8 Å². The minimum absolute atomic E-state index is 0.0120. The summed E-state index contributed by atoms with van der Waals surface area (Å²) in [5, 5.41) is 3.04. The fraction of sp³-hybridized carbons (Fsp3) is 0.909. The number of rotatable bonds is 6. The summed E-state index contributed by atoms with van der Waals surface area (Å²) in [5.74, 6) is 1.39. The Labute approximate surface area is 187 Å². The van der Waals surface area contributed by atoms with Gasteiger partial charge in [0.05, 0.1) is 22.9 Å². The number of amides is 1. The quantitative estimate of drug-likeness (QED) is 0.605. The Morgan fingerprint density at radius 1 is 1.17 bits per heavy atom. The highest BCUT2D eigenvalue weighted by molar-refractivity contribution is 6.21. The third kappa shape index (κ3) is 3.97. The van der Waals surface area contributed by atoms with Crippen molar-refractivity contribution < 1.29 is 18.7 Å². The van der Waals surface area contributed by atoms with Crippen LogP contribution in [0.4, 0.5) is 4.39 Å². The lowest BCUT2D eigenvalue weighted by atomic mass is 9.39. The van der Waals surface area contributed by atoms with E-state index in [2.05, 4.69) is 5.32 Å². The molecule has 4 atom stereocenters. The van der Waals surface area contributed by atoms with Gasteiger partial charge in [0.1, 0.15) is 19.4 Å². The number of hydrogen-bond acceptors (Lipinski definition) is 4. The van der Waals surface area contributed by atoms with Crippen molar-refractivity contribution in [2.45, 2.75) is 98.8 Å². The first-order chi connectivity index (χ1) is 14.4. The number of ether oxygens (including phenoxy) is 2. The molecule has 5 nitrogen and oxygen atoms in total. The van der Waals surface area contributed by atoms with E-state index in [9.17, 15) is 9.18 Å². The minimum atomic E-state index is -1.05. The number of nitrogens with one attached hydrogen (secondary N) is 1. The molecule has 5 aliphatic carbocycles. The van der Waals surface area contributed by atoms with Gasteiger partial charge in [-0.25, -0.2) is 9.38 Å². The molecule has 5 fully saturated rings. The van der Waals surface area contributed by atoms with Crippen molar-refractivity contribution in [1.29, 1.82) is 0 Å². The molecule has 0 spiro atoms. The predicted molar refractivity (Wildman–Crippen MR) is 114 cm³/mol. The van der Waals surface area contributed by atoms with Crippen LogP contribution in [-0.4, -0.2) is 59.6 Å². The van der Waals surface area contributed by atoms with E-state index in [-0.39, 0.29) is 42.0 Å². The van der Waals surface area contributed by atoms with Crippen molar-refractivity contribution in [3.8, 4) is 0 Å². The molecule has 2 bridgehead atoms. The molecular weight excluding hydrogens is 430 g/mol. The number of aliphatic imine (C=N–C) groups is 1. The van der Waals surface area contributed by atoms with Crippen LogP contribution in [0, 0.1) is 11.3 Å². The van der Waals surface area contributed by atoms with Crippen molar-refractivity contribution in [3.05, 3.63) is 0 Å². The Balaban J connectivity index is 1.06. The zero-order valence-corrected chi connectivity index (χ0v) is 18.8. The Kier molecular flexibility index (Phi) is 5.72. The van der Waals surface area contributed by atoms with E-state index in [4.69, 9.17) is 37.7 Å². The fourth-order valence-corrected chi connectivity index (χ4v) is 6.73. The number of alkyl halides is 3. The fourth-order valence-electron chi connectivity index (χ4n) is 6.25. The maximum Gasteiger partial charge on any atom is 0.246 e. The van der Waals surface area contributed by atoms with Crippen LogP contribution >= 0.6 is 23.2 Å². The topological polar surface area (TPSA) is 59.9 Å². The number of nitrogens with zero attached hydrogens (tertiary/aromatic N) is 1. The maximum atomic E-state index is 13.7. The van der Waals surface area contributed by atoms with Gasteiger partial charge in [-0.15, -0.1) is 23.2 Å². The molecule has 30 heavy (non-hydrogen) atoms. The number of carbonyl (C=O) groups is 1. The zero-order chi connectivity index (χ0) is 20.9. The van der Waals surface area contributed by atoms with Gasteiger partial charge in [0.15, 0.2) is 5.90 Å². The Morgan fingerprint density at radius 3 is 2.60 bits per heavy atom. The first-order valence-corrected chi connectivity index (χ1v) is 12.3. The zero-order valence-electron chi connectivity index (χ0n) is 17.3. The van der Waals surface area contributed by atoms with Gasteiger partial charge >= 0.3 is 0 Å². The van der Waals surface area contributed by atoms with Crippen molar-refractivity contribution in [3.63, 3.8) is 0 Å². The predicted octanol–water partition coefficient (Wildman–Crippen LogP) is 4.13. The number of hydrogen-bond donors (Lipinski definition) is 1. The largest absolute Gasteiger partial charge is 0.478 e. The molecule has 1 amide bonds. The highest BCUT2D eigenvalue weighted by atomic mass is 35.5. The van der Waals surface area contributed by atoms with Gasteiger partial charge in [-0.05, 0) is 63.7 Å². The van der Waals surface area contributed by atoms with Crippen LogP contribution < -0.4 is 5.32 Å². The van der Waals surface area contributed by atoms with Crippen LogP contribution in [0.15, 0.2) is 4.99 Å². The van der Waals surface area contributed by atoms with Gasteiger partial charge in [-0.2, -0.15) is 0 Å². The van der Waals surface area contributed by atoms with E-state index in [1.165, 1.54) is 0 Å². The molecule has 1 heterocycles. The van der Waals surface area contributed by atoms with Crippen LogP contribution in [-0.2, 0) is 14.3 Å². The normalized spacial score (nSPS) is 47.5. The van der Waals surface area contributed by atoms with Gasteiger partial charge in [0.2, 0.25) is 5.91 Å². The summed E-state index contributed by atoms with van der Waals surface area (Å²) in [6.45, 7) is 0.684. The standard InChI is InChI=1S/C22H31Cl2FN2O3/c23-14-3-1-13(2-4-14)18-8-30-20(26-18)21-10-22(11-21,12-21)27-19(28)9-29-15-5-6-16(24)17(25)7-15/h13-18H,1-12H2,(H,27,28). The molecule has 0 aromatic rings. The second-order valence-corrected chi connectivity index (χ2v) is 11.4. The molecule has 0 saturated heterocycles. The highest BCUT2D eigenvalue weighted by Crippen LogP contribution is 2.68. The average molecular weight is 461 g/mol. The molecule has 168 valence electrons. The lowest BCUT2D eigenvalue weighted by molar-refractivity contribution is -0.150. The van der Waals surface area contributed by atoms with Crippen LogP contribution in [0.25, 0.3) is 0 Å². The molecule has 6 rings (SSSR count). The summed E-state index contributed by atoms with van der Waals surface area (Å²) in [7, 11) is 0. The van der Waals surface area contributed by atoms with Crippen LogP contribution in [0.5, 0.6) is 0 Å². The molecule has 0 aromatic carbocycles. The second kappa shape index (κ2) is 8.08. The molecule has 5 saturated carbocycles. The van der Waals surface area contributed by atoms with Gasteiger partial charge in [-0.3, -0.25) is 4.79 Å². The number of halogens is 3. The van der Waals surface area contributed by atoms with Crippen molar-refractivity contribution in [2.75, 3.05) is 13.2 Å². The van der Waals surface area contributed by atoms with Gasteiger partial charge < -0.3 is 14.8 Å². The minimum Gasteiger partial charge on any atom is -0.478 e. The Morgan fingerprint density at radius 2 is 1.90 bits per heavy atom.